The van der Waals surface area contributed by atoms with E-state index in [0.29, 0.717) is 5.56 Å². The van der Waals surface area contributed by atoms with Gasteiger partial charge in [0.1, 0.15) is 6.04 Å². The second-order valence-corrected chi connectivity index (χ2v) is 3.32. The van der Waals surface area contributed by atoms with Gasteiger partial charge in [0, 0.05) is 18.8 Å². The summed E-state index contributed by atoms with van der Waals surface area (Å²) >= 11 is 0. The fourth-order valence-corrected chi connectivity index (χ4v) is 1.10. The highest BCUT2D eigenvalue weighted by atomic mass is 16.2. The molecule has 1 rings (SSSR count). The van der Waals surface area contributed by atoms with Crippen molar-refractivity contribution < 1.29 is 4.79 Å². The molecule has 1 amide bonds. The minimum absolute atomic E-state index is 0.298. The zero-order valence-corrected chi connectivity index (χ0v) is 8.77. The number of terminal acetylenes is 1. The second kappa shape index (κ2) is 4.62. The molecule has 1 heterocycles. The van der Waals surface area contributed by atoms with Gasteiger partial charge in [0.25, 0.3) is 0 Å². The van der Waals surface area contributed by atoms with Crippen molar-refractivity contribution in [2.24, 2.45) is 12.8 Å². The van der Waals surface area contributed by atoms with E-state index in [-0.39, 0.29) is 11.9 Å². The molecule has 2 unspecified atom stereocenters. The number of amides is 1. The van der Waals surface area contributed by atoms with E-state index < -0.39 is 6.04 Å². The highest BCUT2D eigenvalue weighted by molar-refractivity contribution is 5.83. The summed E-state index contributed by atoms with van der Waals surface area (Å²) < 4.78 is 1.59. The number of aromatic nitrogens is 2. The normalized spacial score (nSPS) is 14.0. The topological polar surface area (TPSA) is 72.9 Å². The molecule has 0 fully saturated rings. The molecule has 3 N–H and O–H groups in total. The third kappa shape index (κ3) is 2.82. The van der Waals surface area contributed by atoms with Crippen LogP contribution in [0.1, 0.15) is 18.5 Å². The molecule has 0 radical (unpaired) electrons. The number of carbonyl (C=O) groups excluding carboxylic acids is 1. The molecule has 0 aliphatic heterocycles. The first-order valence-corrected chi connectivity index (χ1v) is 4.55. The number of hydrogen-bond donors (Lipinski definition) is 2. The summed E-state index contributed by atoms with van der Waals surface area (Å²) in [6.07, 6.45) is 8.40. The number of rotatable bonds is 3. The Bertz CT molecular complexity index is 390. The van der Waals surface area contributed by atoms with Crippen LogP contribution in [0.4, 0.5) is 0 Å². The summed E-state index contributed by atoms with van der Waals surface area (Å²) in [4.78, 5) is 11.6. The Kier molecular flexibility index (Phi) is 3.47. The van der Waals surface area contributed by atoms with Crippen molar-refractivity contribution in [3.63, 3.8) is 0 Å². The quantitative estimate of drug-likeness (QED) is 0.658. The van der Waals surface area contributed by atoms with Gasteiger partial charge in [-0.2, -0.15) is 5.10 Å². The number of carbonyl (C=O) groups is 1. The van der Waals surface area contributed by atoms with Gasteiger partial charge in [-0.25, -0.2) is 0 Å². The van der Waals surface area contributed by atoms with E-state index in [4.69, 9.17) is 12.2 Å². The van der Waals surface area contributed by atoms with E-state index in [2.05, 4.69) is 16.3 Å². The Labute approximate surface area is 88.6 Å². The first kappa shape index (κ1) is 11.3. The number of nitrogens with zero attached hydrogens (tertiary/aromatic N) is 2. The summed E-state index contributed by atoms with van der Waals surface area (Å²) in [5.74, 6) is 2.10. The molecule has 5 heteroatoms. The molecule has 0 saturated heterocycles. The number of nitrogens with one attached hydrogen (secondary N) is 1. The van der Waals surface area contributed by atoms with Gasteiger partial charge in [-0.1, -0.05) is 5.92 Å². The Morgan fingerprint density at radius 2 is 2.47 bits per heavy atom. The first-order chi connectivity index (χ1) is 7.04. The van der Waals surface area contributed by atoms with Crippen LogP contribution in [-0.2, 0) is 11.8 Å². The Hall–Kier alpha value is -1.80. The highest BCUT2D eigenvalue weighted by Gasteiger charge is 2.17. The van der Waals surface area contributed by atoms with Gasteiger partial charge in [0.15, 0.2) is 0 Å². The van der Waals surface area contributed by atoms with Crippen molar-refractivity contribution in [2.75, 3.05) is 0 Å². The Morgan fingerprint density at radius 1 is 1.80 bits per heavy atom. The third-order valence-corrected chi connectivity index (χ3v) is 1.98. The van der Waals surface area contributed by atoms with Crippen LogP contribution < -0.4 is 11.1 Å². The maximum atomic E-state index is 11.6. The van der Waals surface area contributed by atoms with Gasteiger partial charge in [0.2, 0.25) is 5.91 Å². The van der Waals surface area contributed by atoms with Crippen LogP contribution in [0.5, 0.6) is 0 Å². The summed E-state index contributed by atoms with van der Waals surface area (Å²) in [5.41, 5.74) is 6.39. The average molecular weight is 206 g/mol. The summed E-state index contributed by atoms with van der Waals surface area (Å²) in [5, 5.41) is 6.54. The van der Waals surface area contributed by atoms with Crippen LogP contribution in [0, 0.1) is 12.3 Å². The van der Waals surface area contributed by atoms with Crippen molar-refractivity contribution >= 4 is 5.91 Å². The van der Waals surface area contributed by atoms with Crippen molar-refractivity contribution in [3.05, 3.63) is 18.0 Å². The summed E-state index contributed by atoms with van der Waals surface area (Å²) in [6.45, 7) is 1.72. The lowest BCUT2D eigenvalue weighted by Gasteiger charge is -2.12. The predicted octanol–water partition coefficient (Wildman–Crippen LogP) is -0.442. The Balaban J connectivity index is 2.65. The lowest BCUT2D eigenvalue weighted by molar-refractivity contribution is -0.122. The van der Waals surface area contributed by atoms with E-state index in [1.165, 1.54) is 0 Å². The van der Waals surface area contributed by atoms with Gasteiger partial charge in [-0.15, -0.1) is 6.42 Å². The minimum atomic E-state index is -0.727. The van der Waals surface area contributed by atoms with Gasteiger partial charge in [-0.05, 0) is 6.92 Å². The molecule has 0 saturated carbocycles. The molecular weight excluding hydrogens is 192 g/mol. The first-order valence-electron chi connectivity index (χ1n) is 4.55. The van der Waals surface area contributed by atoms with Crippen LogP contribution in [0.25, 0.3) is 0 Å². The molecule has 0 aliphatic rings. The fourth-order valence-electron chi connectivity index (χ4n) is 1.10. The zero-order valence-electron chi connectivity index (χ0n) is 8.77. The van der Waals surface area contributed by atoms with E-state index in [1.54, 1.807) is 31.0 Å². The molecule has 0 bridgehead atoms. The van der Waals surface area contributed by atoms with Crippen molar-refractivity contribution in [3.8, 4) is 12.3 Å². The number of hydrogen-bond acceptors (Lipinski definition) is 3. The SMILES string of the molecule is C#CC(C)NC(=O)C(N)c1cnn(C)c1. The molecule has 0 spiro atoms. The predicted molar refractivity (Wildman–Crippen MR) is 56.6 cm³/mol. The van der Waals surface area contributed by atoms with Crippen LogP contribution in [0.15, 0.2) is 12.4 Å². The van der Waals surface area contributed by atoms with Crippen LogP contribution >= 0.6 is 0 Å². The number of nitrogens with two attached hydrogens (primary N) is 1. The van der Waals surface area contributed by atoms with Crippen molar-refractivity contribution in [1.29, 1.82) is 0 Å². The molecule has 0 aromatic carbocycles. The standard InChI is InChI=1S/C10H14N4O/c1-4-7(2)13-10(15)9(11)8-5-12-14(3)6-8/h1,5-7,9H,11H2,2-3H3,(H,13,15). The molecule has 15 heavy (non-hydrogen) atoms. The minimum Gasteiger partial charge on any atom is -0.341 e. The Morgan fingerprint density at radius 3 is 2.93 bits per heavy atom. The summed E-state index contributed by atoms with van der Waals surface area (Å²) in [7, 11) is 1.76. The molecular formula is C10H14N4O. The molecule has 0 aliphatic carbocycles. The third-order valence-electron chi connectivity index (χ3n) is 1.98. The van der Waals surface area contributed by atoms with Gasteiger partial charge in [-0.3, -0.25) is 9.48 Å². The zero-order chi connectivity index (χ0) is 11.4. The van der Waals surface area contributed by atoms with Gasteiger partial charge >= 0.3 is 0 Å². The average Bonchev–Trinajstić information content (AvgIpc) is 2.63. The molecule has 5 nitrogen and oxygen atoms in total. The van der Waals surface area contributed by atoms with E-state index in [9.17, 15) is 4.79 Å². The highest BCUT2D eigenvalue weighted by Crippen LogP contribution is 2.08. The van der Waals surface area contributed by atoms with Crippen molar-refractivity contribution in [1.82, 2.24) is 15.1 Å². The van der Waals surface area contributed by atoms with E-state index in [1.807, 2.05) is 0 Å². The molecule has 1 aromatic rings. The summed E-state index contributed by atoms with van der Waals surface area (Å²) in [6, 6.07) is -1.05. The van der Waals surface area contributed by atoms with Crippen LogP contribution in [0.2, 0.25) is 0 Å². The number of aryl methyl sites for hydroxylation is 1. The van der Waals surface area contributed by atoms with Gasteiger partial charge < -0.3 is 11.1 Å². The smallest absolute Gasteiger partial charge is 0.242 e. The molecule has 1 aromatic heterocycles. The maximum absolute atomic E-state index is 11.6. The fraction of sp³-hybridized carbons (Fsp3) is 0.400. The second-order valence-electron chi connectivity index (χ2n) is 3.32. The lowest BCUT2D eigenvalue weighted by atomic mass is 10.1. The maximum Gasteiger partial charge on any atom is 0.242 e. The monoisotopic (exact) mass is 206 g/mol. The van der Waals surface area contributed by atoms with E-state index >= 15 is 0 Å². The van der Waals surface area contributed by atoms with Crippen LogP contribution in [-0.4, -0.2) is 21.7 Å². The largest absolute Gasteiger partial charge is 0.341 e. The van der Waals surface area contributed by atoms with Crippen molar-refractivity contribution in [2.45, 2.75) is 19.0 Å². The van der Waals surface area contributed by atoms with Crippen LogP contribution in [0.3, 0.4) is 0 Å². The lowest BCUT2D eigenvalue weighted by Crippen LogP contribution is -2.38. The molecule has 80 valence electrons. The van der Waals surface area contributed by atoms with Gasteiger partial charge in [0.05, 0.1) is 12.2 Å². The molecule has 2 atom stereocenters. The van der Waals surface area contributed by atoms with E-state index in [0.717, 1.165) is 0 Å².